The molecule has 3 aliphatic rings. The van der Waals surface area contributed by atoms with E-state index in [1.807, 2.05) is 0 Å². The first-order valence-electron chi connectivity index (χ1n) is 11.2. The summed E-state index contributed by atoms with van der Waals surface area (Å²) in [6, 6.07) is -1.38. The molecule has 13 heteroatoms. The highest BCUT2D eigenvalue weighted by atomic mass is 16.7. The topological polar surface area (TPSA) is 217 Å². The maximum atomic E-state index is 10.9. The van der Waals surface area contributed by atoms with Crippen LogP contribution in [0.4, 0.5) is 0 Å². The van der Waals surface area contributed by atoms with Gasteiger partial charge in [-0.05, 0) is 33.7 Å². The first-order valence-corrected chi connectivity index (χ1v) is 11.2. The number of hydrogen-bond donors (Lipinski definition) is 9. The van der Waals surface area contributed by atoms with Crippen LogP contribution in [-0.2, 0) is 18.9 Å². The van der Waals surface area contributed by atoms with Crippen LogP contribution in [0.25, 0.3) is 0 Å². The number of rotatable bonds is 6. The zero-order chi connectivity index (χ0) is 24.7. The van der Waals surface area contributed by atoms with Crippen molar-refractivity contribution in [3.8, 4) is 0 Å². The third-order valence-electron chi connectivity index (χ3n) is 6.75. The first-order chi connectivity index (χ1) is 15.4. The van der Waals surface area contributed by atoms with E-state index in [1.54, 1.807) is 7.05 Å². The Morgan fingerprint density at radius 1 is 0.970 bits per heavy atom. The van der Waals surface area contributed by atoms with Crippen LogP contribution in [0.15, 0.2) is 0 Å². The molecule has 0 radical (unpaired) electrons. The maximum absolute atomic E-state index is 10.9. The number of ether oxygens (including phenoxy) is 4. The highest BCUT2D eigenvalue weighted by Gasteiger charge is 2.51. The second-order valence-electron chi connectivity index (χ2n) is 9.48. The zero-order valence-electron chi connectivity index (χ0n) is 19.0. The fraction of sp³-hybridized carbons (Fsp3) is 1.00. The molecule has 3 rings (SSSR count). The largest absolute Gasteiger partial charge is 0.391 e. The minimum absolute atomic E-state index is 0.124. The summed E-state index contributed by atoms with van der Waals surface area (Å²) >= 11 is 0. The Morgan fingerprint density at radius 2 is 1.64 bits per heavy atom. The number of aliphatic hydroxyl groups is 7. The number of nitrogens with one attached hydrogen (secondary N) is 1. The fourth-order valence-corrected chi connectivity index (χ4v) is 4.76. The lowest BCUT2D eigenvalue weighted by Gasteiger charge is -2.47. The monoisotopic (exact) mass is 482 g/mol. The Bertz CT molecular complexity index is 641. The average Bonchev–Trinajstić information content (AvgIpc) is 2.74. The maximum Gasteiger partial charge on any atom is 0.187 e. The van der Waals surface area contributed by atoms with Crippen LogP contribution < -0.4 is 11.1 Å². The summed E-state index contributed by atoms with van der Waals surface area (Å²) in [6.45, 7) is 2.75. The molecule has 1 aliphatic carbocycles. The molecule has 10 N–H and O–H groups in total. The second-order valence-corrected chi connectivity index (χ2v) is 9.48. The van der Waals surface area contributed by atoms with Crippen LogP contribution in [0.1, 0.15) is 26.7 Å². The Kier molecular flexibility index (Phi) is 8.71. The van der Waals surface area contributed by atoms with Crippen LogP contribution >= 0.6 is 0 Å². The van der Waals surface area contributed by atoms with Gasteiger partial charge in [0.15, 0.2) is 12.6 Å². The van der Waals surface area contributed by atoms with Crippen molar-refractivity contribution in [1.82, 2.24) is 5.32 Å². The highest BCUT2D eigenvalue weighted by Crippen LogP contribution is 2.32. The molecule has 0 aromatic carbocycles. The van der Waals surface area contributed by atoms with Crippen LogP contribution in [0.3, 0.4) is 0 Å². The standard InChI is InChI=1S/C20H38N2O11/c1-7(23)15-12(26)11(25)13(27)19(32-15)31-9-5-4-8(21)16(10(9)24)33-18-14(28)17(22-3)20(2,29)6-30-18/h7-19,22-29H,4-6,21H2,1-3H3/t7?,8-,9-,10+,11+,12+,13-,14-,15-,16+,17-,18-,19+,20+/m1/s1. The third kappa shape index (κ3) is 5.51. The molecule has 2 aliphatic heterocycles. The van der Waals surface area contributed by atoms with Crippen LogP contribution in [-0.4, -0.2) is 135 Å². The normalized spacial score (nSPS) is 52.5. The SMILES string of the molecule is CN[C@@H]1[C@@H](O)[C@@H](O[C@@H]2[C@@H](O)[C@H](O[C@H]3O[C@H](C(C)O)[C@@H](O)[C@H](O)[C@H]3O)CC[C@H]2N)OC[C@]1(C)O. The van der Waals surface area contributed by atoms with Crippen molar-refractivity contribution in [2.75, 3.05) is 13.7 Å². The van der Waals surface area contributed by atoms with Gasteiger partial charge in [0, 0.05) is 6.04 Å². The molecule has 0 aromatic rings. The number of likely N-dealkylation sites (N-methyl/N-ethyl adjacent to an activating group) is 1. The van der Waals surface area contributed by atoms with E-state index < -0.39 is 85.2 Å². The number of nitrogens with two attached hydrogens (primary N) is 1. The quantitative estimate of drug-likeness (QED) is 0.175. The van der Waals surface area contributed by atoms with Crippen molar-refractivity contribution < 1.29 is 54.7 Å². The summed E-state index contributed by atoms with van der Waals surface area (Å²) in [5.74, 6) is 0. The fourth-order valence-electron chi connectivity index (χ4n) is 4.76. The molecule has 14 atom stereocenters. The van der Waals surface area contributed by atoms with E-state index >= 15 is 0 Å². The van der Waals surface area contributed by atoms with E-state index in [2.05, 4.69) is 5.32 Å². The molecule has 2 heterocycles. The van der Waals surface area contributed by atoms with E-state index in [4.69, 9.17) is 24.7 Å². The van der Waals surface area contributed by atoms with Gasteiger partial charge in [-0.25, -0.2) is 0 Å². The molecule has 0 spiro atoms. The summed E-state index contributed by atoms with van der Waals surface area (Å²) in [4.78, 5) is 0. The van der Waals surface area contributed by atoms with Crippen molar-refractivity contribution in [3.63, 3.8) is 0 Å². The van der Waals surface area contributed by atoms with Gasteiger partial charge in [0.2, 0.25) is 0 Å². The van der Waals surface area contributed by atoms with Crippen LogP contribution in [0.5, 0.6) is 0 Å². The van der Waals surface area contributed by atoms with Crippen LogP contribution in [0, 0.1) is 0 Å². The Labute approximate surface area is 192 Å². The Hall–Kier alpha value is -0.520. The van der Waals surface area contributed by atoms with Gasteiger partial charge in [-0.15, -0.1) is 0 Å². The van der Waals surface area contributed by atoms with E-state index in [0.717, 1.165) is 0 Å². The summed E-state index contributed by atoms with van der Waals surface area (Å²) < 4.78 is 22.5. The van der Waals surface area contributed by atoms with Crippen molar-refractivity contribution >= 4 is 0 Å². The van der Waals surface area contributed by atoms with Crippen LogP contribution in [0.2, 0.25) is 0 Å². The summed E-state index contributed by atoms with van der Waals surface area (Å²) in [6.07, 6.45) is -13.7. The van der Waals surface area contributed by atoms with Gasteiger partial charge >= 0.3 is 0 Å². The number of aliphatic hydroxyl groups excluding tert-OH is 6. The van der Waals surface area contributed by atoms with E-state index in [-0.39, 0.29) is 13.0 Å². The minimum Gasteiger partial charge on any atom is -0.391 e. The molecule has 0 bridgehead atoms. The molecule has 33 heavy (non-hydrogen) atoms. The third-order valence-corrected chi connectivity index (χ3v) is 6.75. The molecule has 1 unspecified atom stereocenters. The second kappa shape index (κ2) is 10.6. The average molecular weight is 483 g/mol. The predicted molar refractivity (Wildman–Crippen MR) is 111 cm³/mol. The molecule has 2 saturated heterocycles. The summed E-state index contributed by atoms with van der Waals surface area (Å²) in [7, 11) is 1.58. The minimum atomic E-state index is -1.63. The zero-order valence-corrected chi connectivity index (χ0v) is 19.0. The molecular weight excluding hydrogens is 444 g/mol. The van der Waals surface area contributed by atoms with Gasteiger partial charge in [-0.2, -0.15) is 0 Å². The lowest BCUT2D eigenvalue weighted by atomic mass is 9.87. The van der Waals surface area contributed by atoms with Crippen molar-refractivity contribution in [2.24, 2.45) is 5.73 Å². The van der Waals surface area contributed by atoms with Crippen molar-refractivity contribution in [2.45, 2.75) is 112 Å². The van der Waals surface area contributed by atoms with Gasteiger partial charge in [-0.3, -0.25) is 0 Å². The number of hydrogen-bond acceptors (Lipinski definition) is 13. The van der Waals surface area contributed by atoms with Crippen molar-refractivity contribution in [3.05, 3.63) is 0 Å². The van der Waals surface area contributed by atoms with Gasteiger partial charge < -0.3 is 65.7 Å². The van der Waals surface area contributed by atoms with E-state index in [1.165, 1.54) is 13.8 Å². The summed E-state index contributed by atoms with van der Waals surface area (Å²) in [5.41, 5.74) is 4.81. The molecule has 3 fully saturated rings. The molecule has 1 saturated carbocycles. The lowest BCUT2D eigenvalue weighted by Crippen LogP contribution is -2.67. The molecular formula is C20H38N2O11. The first kappa shape index (κ1) is 27.1. The van der Waals surface area contributed by atoms with Gasteiger partial charge in [0.1, 0.15) is 48.3 Å². The van der Waals surface area contributed by atoms with Gasteiger partial charge in [-0.1, -0.05) is 0 Å². The Morgan fingerprint density at radius 3 is 2.24 bits per heavy atom. The van der Waals surface area contributed by atoms with Gasteiger partial charge in [0.05, 0.1) is 24.9 Å². The molecule has 0 amide bonds. The molecule has 13 nitrogen and oxygen atoms in total. The van der Waals surface area contributed by atoms with Gasteiger partial charge in [0.25, 0.3) is 0 Å². The van der Waals surface area contributed by atoms with E-state index in [9.17, 15) is 35.7 Å². The Balaban J connectivity index is 1.68. The molecule has 0 aromatic heterocycles. The smallest absolute Gasteiger partial charge is 0.187 e. The predicted octanol–water partition coefficient (Wildman–Crippen LogP) is -4.52. The van der Waals surface area contributed by atoms with Crippen molar-refractivity contribution in [1.29, 1.82) is 0 Å². The molecule has 194 valence electrons. The highest BCUT2D eigenvalue weighted by molar-refractivity contribution is 4.99. The van der Waals surface area contributed by atoms with E-state index in [0.29, 0.717) is 6.42 Å². The lowest BCUT2D eigenvalue weighted by molar-refractivity contribution is -0.336. The summed E-state index contributed by atoms with van der Waals surface area (Å²) in [5, 5.41) is 75.0.